The van der Waals surface area contributed by atoms with Crippen molar-refractivity contribution in [2.24, 2.45) is 5.92 Å². The second-order valence-corrected chi connectivity index (χ2v) is 5.94. The van der Waals surface area contributed by atoms with Crippen molar-refractivity contribution < 1.29 is 9.53 Å². The monoisotopic (exact) mass is 295 g/mol. The summed E-state index contributed by atoms with van der Waals surface area (Å²) in [6, 6.07) is 7.13. The Kier molecular flexibility index (Phi) is 6.02. The number of rotatable bonds is 9. The highest BCUT2D eigenvalue weighted by molar-refractivity contribution is 6.31. The van der Waals surface area contributed by atoms with Gasteiger partial charge in [-0.2, -0.15) is 0 Å². The van der Waals surface area contributed by atoms with E-state index in [0.717, 1.165) is 32.2 Å². The van der Waals surface area contributed by atoms with Crippen molar-refractivity contribution in [2.75, 3.05) is 33.4 Å². The predicted molar refractivity (Wildman–Crippen MR) is 81.4 cm³/mol. The molecule has 2 rings (SSSR count). The van der Waals surface area contributed by atoms with Gasteiger partial charge in [0.15, 0.2) is 5.78 Å². The quantitative estimate of drug-likeness (QED) is 0.517. The zero-order valence-corrected chi connectivity index (χ0v) is 12.7. The molecule has 0 N–H and O–H groups in total. The van der Waals surface area contributed by atoms with E-state index in [4.69, 9.17) is 16.3 Å². The largest absolute Gasteiger partial charge is 0.380 e. The smallest absolute Gasteiger partial charge is 0.164 e. The number of benzene rings is 1. The number of Topliss-reactive ketones (excluding diaryl/α,β-unsaturated/α-hetero) is 1. The van der Waals surface area contributed by atoms with E-state index in [9.17, 15) is 4.79 Å². The van der Waals surface area contributed by atoms with Crippen molar-refractivity contribution >= 4 is 17.4 Å². The zero-order valence-electron chi connectivity index (χ0n) is 12.0. The average molecular weight is 296 g/mol. The van der Waals surface area contributed by atoms with Crippen LogP contribution in [0.25, 0.3) is 0 Å². The molecule has 0 unspecified atom stereocenters. The van der Waals surface area contributed by atoms with E-state index in [1.165, 1.54) is 12.8 Å². The Balaban J connectivity index is 1.61. The maximum atomic E-state index is 12.0. The van der Waals surface area contributed by atoms with Gasteiger partial charge in [0.25, 0.3) is 0 Å². The first-order valence-electron chi connectivity index (χ1n) is 7.20. The minimum absolute atomic E-state index is 0.137. The molecule has 1 aliphatic rings. The highest BCUT2D eigenvalue weighted by atomic mass is 35.5. The number of hydrogen-bond acceptors (Lipinski definition) is 3. The number of ketones is 1. The molecule has 1 fully saturated rings. The second-order valence-electron chi connectivity index (χ2n) is 5.51. The molecule has 0 atom stereocenters. The molecule has 1 saturated carbocycles. The number of nitrogens with zero attached hydrogens (tertiary/aromatic N) is 1. The Morgan fingerprint density at radius 3 is 2.90 bits per heavy atom. The molecule has 4 heteroatoms. The first-order valence-corrected chi connectivity index (χ1v) is 7.58. The highest BCUT2D eigenvalue weighted by Gasteiger charge is 2.20. The number of halogens is 1. The van der Waals surface area contributed by atoms with Gasteiger partial charge in [-0.25, -0.2) is 0 Å². The van der Waals surface area contributed by atoms with Gasteiger partial charge in [-0.1, -0.05) is 23.7 Å². The van der Waals surface area contributed by atoms with Crippen molar-refractivity contribution in [1.29, 1.82) is 0 Å². The first kappa shape index (κ1) is 15.5. The summed E-state index contributed by atoms with van der Waals surface area (Å²) in [7, 11) is 2.02. The fraction of sp³-hybridized carbons (Fsp3) is 0.562. The number of ether oxygens (including phenoxy) is 1. The molecule has 1 aliphatic carbocycles. The van der Waals surface area contributed by atoms with Gasteiger partial charge in [0.05, 0.1) is 6.61 Å². The molecule has 0 saturated heterocycles. The minimum Gasteiger partial charge on any atom is -0.380 e. The maximum Gasteiger partial charge on any atom is 0.164 e. The third-order valence-electron chi connectivity index (χ3n) is 3.54. The highest BCUT2D eigenvalue weighted by Crippen LogP contribution is 2.28. The van der Waals surface area contributed by atoms with Crippen LogP contribution < -0.4 is 0 Å². The van der Waals surface area contributed by atoms with Crippen LogP contribution in [0.4, 0.5) is 0 Å². The molecule has 1 aromatic carbocycles. The van der Waals surface area contributed by atoms with Crippen LogP contribution in [0.1, 0.15) is 29.6 Å². The van der Waals surface area contributed by atoms with Gasteiger partial charge in [0, 0.05) is 36.7 Å². The lowest BCUT2D eigenvalue weighted by atomic mass is 10.1. The van der Waals surface area contributed by atoms with Crippen LogP contribution in [0, 0.1) is 5.92 Å². The van der Waals surface area contributed by atoms with Gasteiger partial charge < -0.3 is 9.64 Å². The average Bonchev–Trinajstić information content (AvgIpc) is 3.25. The third kappa shape index (κ3) is 5.61. The van der Waals surface area contributed by atoms with Crippen LogP contribution >= 0.6 is 11.6 Å². The van der Waals surface area contributed by atoms with E-state index in [1.54, 1.807) is 12.1 Å². The molecule has 110 valence electrons. The van der Waals surface area contributed by atoms with Crippen LogP contribution in [-0.2, 0) is 4.74 Å². The zero-order chi connectivity index (χ0) is 14.4. The lowest BCUT2D eigenvalue weighted by molar-refractivity contribution is 0.0918. The molecule has 0 spiro atoms. The summed E-state index contributed by atoms with van der Waals surface area (Å²) in [6.45, 7) is 3.27. The fourth-order valence-corrected chi connectivity index (χ4v) is 2.16. The number of hydrogen-bond donors (Lipinski definition) is 0. The summed E-state index contributed by atoms with van der Waals surface area (Å²) in [4.78, 5) is 14.1. The normalized spacial score (nSPS) is 14.8. The van der Waals surface area contributed by atoms with Crippen molar-refractivity contribution in [1.82, 2.24) is 4.90 Å². The van der Waals surface area contributed by atoms with Crippen molar-refractivity contribution in [3.63, 3.8) is 0 Å². The van der Waals surface area contributed by atoms with Crippen LogP contribution in [-0.4, -0.2) is 44.0 Å². The molecular weight excluding hydrogens is 274 g/mol. The van der Waals surface area contributed by atoms with Crippen LogP contribution in [0.3, 0.4) is 0 Å². The fourth-order valence-electron chi connectivity index (χ4n) is 1.97. The summed E-state index contributed by atoms with van der Waals surface area (Å²) in [5, 5.41) is 0.609. The molecular formula is C16H22ClNO2. The Labute approximate surface area is 125 Å². The Hall–Kier alpha value is -0.900. The molecule has 1 aromatic rings. The Morgan fingerprint density at radius 1 is 1.40 bits per heavy atom. The van der Waals surface area contributed by atoms with Crippen LogP contribution in [0.5, 0.6) is 0 Å². The predicted octanol–water partition coefficient (Wildman–Crippen LogP) is 3.27. The first-order chi connectivity index (χ1) is 9.65. The summed E-state index contributed by atoms with van der Waals surface area (Å²) in [5.74, 6) is 0.947. The topological polar surface area (TPSA) is 29.5 Å². The standard InChI is InChI=1S/C16H22ClNO2/c1-18(9-10-20-12-13-5-6-13)8-7-16(19)14-3-2-4-15(17)11-14/h2-4,11,13H,5-10,12H2,1H3. The molecule has 3 nitrogen and oxygen atoms in total. The van der Waals surface area contributed by atoms with E-state index in [2.05, 4.69) is 4.90 Å². The molecule has 0 amide bonds. The number of carbonyl (C=O) groups excluding carboxylic acids is 1. The second kappa shape index (κ2) is 7.77. The summed E-state index contributed by atoms with van der Waals surface area (Å²) in [6.07, 6.45) is 3.16. The molecule has 0 bridgehead atoms. The molecule has 0 radical (unpaired) electrons. The SMILES string of the molecule is CN(CCOCC1CC1)CCC(=O)c1cccc(Cl)c1. The van der Waals surface area contributed by atoms with Crippen LogP contribution in [0.2, 0.25) is 5.02 Å². The van der Waals surface area contributed by atoms with Gasteiger partial charge in [0.1, 0.15) is 0 Å². The maximum absolute atomic E-state index is 12.0. The lowest BCUT2D eigenvalue weighted by Gasteiger charge is -2.16. The minimum atomic E-state index is 0.137. The van der Waals surface area contributed by atoms with Gasteiger partial charge in [-0.05, 0) is 37.9 Å². The van der Waals surface area contributed by atoms with Gasteiger partial charge in [-0.15, -0.1) is 0 Å². The molecule has 0 aliphatic heterocycles. The Morgan fingerprint density at radius 2 is 2.20 bits per heavy atom. The van der Waals surface area contributed by atoms with E-state index in [-0.39, 0.29) is 5.78 Å². The van der Waals surface area contributed by atoms with Crippen molar-refractivity contribution in [3.05, 3.63) is 34.9 Å². The summed E-state index contributed by atoms with van der Waals surface area (Å²) >= 11 is 5.89. The Bertz CT molecular complexity index is 446. The molecule has 0 aromatic heterocycles. The van der Waals surface area contributed by atoms with Crippen LogP contribution in [0.15, 0.2) is 24.3 Å². The molecule has 20 heavy (non-hydrogen) atoms. The van der Waals surface area contributed by atoms with Crippen molar-refractivity contribution in [3.8, 4) is 0 Å². The number of carbonyl (C=O) groups is 1. The van der Waals surface area contributed by atoms with Gasteiger partial charge >= 0.3 is 0 Å². The van der Waals surface area contributed by atoms with Gasteiger partial charge in [0.2, 0.25) is 0 Å². The number of likely N-dealkylation sites (N-methyl/N-ethyl adjacent to an activating group) is 1. The van der Waals surface area contributed by atoms with E-state index in [1.807, 2.05) is 19.2 Å². The van der Waals surface area contributed by atoms with Crippen molar-refractivity contribution in [2.45, 2.75) is 19.3 Å². The summed E-state index contributed by atoms with van der Waals surface area (Å²) in [5.41, 5.74) is 0.691. The lowest BCUT2D eigenvalue weighted by Crippen LogP contribution is -2.26. The third-order valence-corrected chi connectivity index (χ3v) is 3.77. The summed E-state index contributed by atoms with van der Waals surface area (Å²) < 4.78 is 5.59. The molecule has 0 heterocycles. The van der Waals surface area contributed by atoms with E-state index >= 15 is 0 Å². The van der Waals surface area contributed by atoms with Gasteiger partial charge in [-0.3, -0.25) is 4.79 Å². The van der Waals surface area contributed by atoms with E-state index in [0.29, 0.717) is 17.0 Å². The van der Waals surface area contributed by atoms with E-state index < -0.39 is 0 Å².